The van der Waals surface area contributed by atoms with Crippen molar-refractivity contribution in [2.45, 2.75) is 4.90 Å². The first-order valence-electron chi connectivity index (χ1n) is 7.77. The molecule has 0 fully saturated rings. The number of benzene rings is 2. The van der Waals surface area contributed by atoms with Gasteiger partial charge in [-0.05, 0) is 35.4 Å². The fourth-order valence-corrected chi connectivity index (χ4v) is 4.41. The third-order valence-corrected chi connectivity index (χ3v) is 6.28. The summed E-state index contributed by atoms with van der Waals surface area (Å²) < 4.78 is 36.6. The molecule has 9 heteroatoms. The lowest BCUT2D eigenvalue weighted by atomic mass is 9.94. The number of carboxylic acids is 1. The summed E-state index contributed by atoms with van der Waals surface area (Å²) in [5.74, 6) is -3.44. The number of carbonyl (C=O) groups excluding carboxylic acids is 1. The summed E-state index contributed by atoms with van der Waals surface area (Å²) in [7, 11) is -3.47. The van der Waals surface area contributed by atoms with Crippen LogP contribution in [0.5, 0.6) is 0 Å². The topological polar surface area (TPSA) is 108 Å². The van der Waals surface area contributed by atoms with E-state index in [-0.39, 0.29) is 25.8 Å². The van der Waals surface area contributed by atoms with Gasteiger partial charge in [0.25, 0.3) is 0 Å². The standard InChI is InChI=1S/C19H12FO6S2/c1-28(25,26)13-8-4-11(5-9-13)15-14(10-2-6-12(20)7-3-10)16(18(21)22)27-17(15)19(23)24/h2-9H,1H3,(H,21,22). The summed E-state index contributed by atoms with van der Waals surface area (Å²) in [4.78, 5) is 22.8. The van der Waals surface area contributed by atoms with Gasteiger partial charge in [-0.25, -0.2) is 27.5 Å². The van der Waals surface area contributed by atoms with Crippen LogP contribution in [0.4, 0.5) is 4.39 Å². The van der Waals surface area contributed by atoms with Gasteiger partial charge < -0.3 is 5.11 Å². The average molecular weight is 419 g/mol. The summed E-state index contributed by atoms with van der Waals surface area (Å²) in [6.45, 7) is 0. The van der Waals surface area contributed by atoms with Crippen molar-refractivity contribution in [1.82, 2.24) is 0 Å². The van der Waals surface area contributed by atoms with E-state index in [2.05, 4.69) is 0 Å². The Hall–Kier alpha value is -3.04. The van der Waals surface area contributed by atoms with E-state index < -0.39 is 27.6 Å². The van der Waals surface area contributed by atoms with Crippen LogP contribution in [0.1, 0.15) is 19.3 Å². The summed E-state index contributed by atoms with van der Waals surface area (Å²) in [5, 5.41) is 21.2. The molecule has 0 aliphatic heterocycles. The second-order valence-corrected chi connectivity index (χ2v) is 8.94. The zero-order valence-corrected chi connectivity index (χ0v) is 15.9. The van der Waals surface area contributed by atoms with Gasteiger partial charge in [0.1, 0.15) is 15.6 Å². The molecular weight excluding hydrogens is 407 g/mol. The Morgan fingerprint density at radius 3 is 1.79 bits per heavy atom. The lowest BCUT2D eigenvalue weighted by Crippen LogP contribution is -1.98. The van der Waals surface area contributed by atoms with Gasteiger partial charge in [0.05, 0.1) is 4.90 Å². The molecule has 143 valence electrons. The normalized spacial score (nSPS) is 11.4. The van der Waals surface area contributed by atoms with Crippen molar-refractivity contribution in [2.75, 3.05) is 6.26 Å². The van der Waals surface area contributed by atoms with Crippen LogP contribution < -0.4 is 0 Å². The predicted molar refractivity (Wildman–Crippen MR) is 100 cm³/mol. The lowest BCUT2D eigenvalue weighted by Gasteiger charge is -2.09. The van der Waals surface area contributed by atoms with Gasteiger partial charge in [-0.2, -0.15) is 0 Å². The molecule has 0 saturated heterocycles. The van der Waals surface area contributed by atoms with Gasteiger partial charge in [0.15, 0.2) is 9.84 Å². The quantitative estimate of drug-likeness (QED) is 0.675. The molecule has 28 heavy (non-hydrogen) atoms. The Labute approximate surface area is 163 Å². The molecule has 0 atom stereocenters. The van der Waals surface area contributed by atoms with E-state index in [1.807, 2.05) is 0 Å². The van der Waals surface area contributed by atoms with E-state index >= 15 is 0 Å². The SMILES string of the molecule is CS(=O)(=O)c1ccc(-c2c(C([O])=O)sc(C(=O)O)c2-c2ccc(F)cc2)cc1. The second kappa shape index (κ2) is 7.17. The van der Waals surface area contributed by atoms with Crippen LogP contribution in [-0.2, 0) is 14.9 Å². The Morgan fingerprint density at radius 1 is 0.893 bits per heavy atom. The number of sulfone groups is 1. The Balaban J connectivity index is 2.33. The molecule has 0 unspecified atom stereocenters. The number of carboxylic acid groups (broad SMARTS) is 1. The minimum Gasteiger partial charge on any atom is -0.477 e. The van der Waals surface area contributed by atoms with Crippen LogP contribution >= 0.6 is 11.3 Å². The highest BCUT2D eigenvalue weighted by atomic mass is 32.2. The third-order valence-electron chi connectivity index (χ3n) is 3.99. The van der Waals surface area contributed by atoms with E-state index in [1.54, 1.807) is 0 Å². The van der Waals surface area contributed by atoms with Crippen LogP contribution in [0.2, 0.25) is 0 Å². The summed E-state index contributed by atoms with van der Waals surface area (Å²) in [5.41, 5.74) is 0.789. The maximum Gasteiger partial charge on any atom is 0.396 e. The van der Waals surface area contributed by atoms with Crippen molar-refractivity contribution < 1.29 is 32.6 Å². The Bertz CT molecular complexity index is 1180. The first kappa shape index (κ1) is 19.7. The number of carbonyl (C=O) groups is 2. The summed E-state index contributed by atoms with van der Waals surface area (Å²) >= 11 is 0.532. The first-order valence-corrected chi connectivity index (χ1v) is 10.5. The first-order chi connectivity index (χ1) is 13.1. The molecule has 0 amide bonds. The van der Waals surface area contributed by atoms with Crippen LogP contribution in [0.3, 0.4) is 0 Å². The molecule has 2 aromatic carbocycles. The molecule has 1 radical (unpaired) electrons. The molecule has 0 aliphatic carbocycles. The fourth-order valence-electron chi connectivity index (χ4n) is 2.76. The summed E-state index contributed by atoms with van der Waals surface area (Å²) in [6, 6.07) is 10.3. The van der Waals surface area contributed by atoms with Crippen LogP contribution in [0, 0.1) is 5.82 Å². The number of aromatic carboxylic acids is 1. The number of thiophene rings is 1. The summed E-state index contributed by atoms with van der Waals surface area (Å²) in [6.07, 6.45) is 1.03. The smallest absolute Gasteiger partial charge is 0.396 e. The largest absolute Gasteiger partial charge is 0.477 e. The van der Waals surface area contributed by atoms with Gasteiger partial charge in [-0.1, -0.05) is 24.3 Å². The van der Waals surface area contributed by atoms with E-state index in [1.165, 1.54) is 36.4 Å². The molecule has 0 aliphatic rings. The molecule has 0 saturated carbocycles. The number of hydrogen-bond acceptors (Lipinski definition) is 5. The van der Waals surface area contributed by atoms with Gasteiger partial charge in [0.2, 0.25) is 0 Å². The molecule has 3 rings (SSSR count). The van der Waals surface area contributed by atoms with E-state index in [0.717, 1.165) is 18.4 Å². The van der Waals surface area contributed by atoms with E-state index in [0.29, 0.717) is 22.5 Å². The van der Waals surface area contributed by atoms with E-state index in [9.17, 15) is 32.6 Å². The van der Waals surface area contributed by atoms with Crippen molar-refractivity contribution in [2.24, 2.45) is 0 Å². The number of rotatable bonds is 5. The van der Waals surface area contributed by atoms with Crippen molar-refractivity contribution in [1.29, 1.82) is 0 Å². The second-order valence-electron chi connectivity index (χ2n) is 5.91. The van der Waals surface area contributed by atoms with Crippen LogP contribution in [0.25, 0.3) is 22.3 Å². The fraction of sp³-hybridized carbons (Fsp3) is 0.0526. The van der Waals surface area contributed by atoms with E-state index in [4.69, 9.17) is 0 Å². The monoisotopic (exact) mass is 419 g/mol. The Kier molecular flexibility index (Phi) is 5.05. The number of hydrogen-bond donors (Lipinski definition) is 1. The Morgan fingerprint density at radius 2 is 1.36 bits per heavy atom. The molecule has 1 N–H and O–H groups in total. The maximum absolute atomic E-state index is 13.3. The number of halogens is 1. The van der Waals surface area contributed by atoms with Crippen molar-refractivity contribution in [3.05, 3.63) is 64.1 Å². The van der Waals surface area contributed by atoms with Gasteiger partial charge in [0, 0.05) is 17.4 Å². The zero-order chi connectivity index (χ0) is 20.6. The maximum atomic E-state index is 13.3. The van der Waals surface area contributed by atoms with Crippen molar-refractivity contribution in [3.8, 4) is 22.3 Å². The minimum absolute atomic E-state index is 0.0308. The van der Waals surface area contributed by atoms with Gasteiger partial charge in [-0.3, -0.25) is 0 Å². The highest BCUT2D eigenvalue weighted by molar-refractivity contribution is 7.90. The molecule has 0 spiro atoms. The highest BCUT2D eigenvalue weighted by Gasteiger charge is 2.28. The zero-order valence-electron chi connectivity index (χ0n) is 14.3. The third kappa shape index (κ3) is 3.67. The molecule has 6 nitrogen and oxygen atoms in total. The van der Waals surface area contributed by atoms with Crippen molar-refractivity contribution >= 4 is 33.1 Å². The molecule has 1 heterocycles. The van der Waals surface area contributed by atoms with Gasteiger partial charge in [-0.15, -0.1) is 11.3 Å². The van der Waals surface area contributed by atoms with Crippen LogP contribution in [0.15, 0.2) is 53.4 Å². The average Bonchev–Trinajstić information content (AvgIpc) is 3.03. The molecule has 1 aromatic heterocycles. The van der Waals surface area contributed by atoms with Crippen molar-refractivity contribution in [3.63, 3.8) is 0 Å². The van der Waals surface area contributed by atoms with Crippen LogP contribution in [-0.4, -0.2) is 31.7 Å². The predicted octanol–water partition coefficient (Wildman–Crippen LogP) is 3.89. The minimum atomic E-state index is -3.47. The highest BCUT2D eigenvalue weighted by Crippen LogP contribution is 2.43. The molecule has 3 aromatic rings. The molecular formula is C19H12FO6S2. The molecule has 0 bridgehead atoms. The lowest BCUT2D eigenvalue weighted by molar-refractivity contribution is 0.0579. The van der Waals surface area contributed by atoms with Gasteiger partial charge >= 0.3 is 11.9 Å².